The Morgan fingerprint density at radius 3 is 3.00 bits per heavy atom. The van der Waals surface area contributed by atoms with E-state index in [9.17, 15) is 4.79 Å². The van der Waals surface area contributed by atoms with Crippen molar-refractivity contribution in [3.63, 3.8) is 0 Å². The Labute approximate surface area is 114 Å². The molecule has 5 unspecified atom stereocenters. The van der Waals surface area contributed by atoms with E-state index in [2.05, 4.69) is 10.2 Å². The highest BCUT2D eigenvalue weighted by Gasteiger charge is 2.47. The number of hydrogen-bond acceptors (Lipinski definition) is 3. The fourth-order valence-corrected chi connectivity index (χ4v) is 4.84. The number of fused-ring (bicyclic) bond motifs is 2. The molecule has 5 atom stereocenters. The van der Waals surface area contributed by atoms with Crippen LogP contribution in [0.3, 0.4) is 0 Å². The third kappa shape index (κ3) is 1.91. The van der Waals surface area contributed by atoms with Crippen LogP contribution < -0.4 is 5.32 Å². The number of carbonyl (C=O) groups is 1. The van der Waals surface area contributed by atoms with Crippen molar-refractivity contribution in [3.05, 3.63) is 0 Å². The fraction of sp³-hybridized carbons (Fsp3) is 0.933. The van der Waals surface area contributed by atoms with Crippen LogP contribution in [0.5, 0.6) is 0 Å². The van der Waals surface area contributed by atoms with Crippen LogP contribution in [-0.2, 0) is 9.53 Å². The lowest BCUT2D eigenvalue weighted by Gasteiger charge is -2.39. The summed E-state index contributed by atoms with van der Waals surface area (Å²) in [5.74, 6) is 1.74. The minimum atomic E-state index is 0.104. The van der Waals surface area contributed by atoms with Gasteiger partial charge in [-0.1, -0.05) is 6.42 Å². The largest absolute Gasteiger partial charge is 0.374 e. The van der Waals surface area contributed by atoms with E-state index in [1.54, 1.807) is 0 Å². The Hall–Kier alpha value is -0.610. The molecular weight excluding hydrogens is 240 g/mol. The first-order chi connectivity index (χ1) is 9.34. The third-order valence-electron chi connectivity index (χ3n) is 5.78. The summed E-state index contributed by atoms with van der Waals surface area (Å²) >= 11 is 0. The summed E-state index contributed by atoms with van der Waals surface area (Å²) < 4.78 is 5.82. The molecule has 4 rings (SSSR count). The van der Waals surface area contributed by atoms with E-state index in [0.29, 0.717) is 24.0 Å². The summed E-state index contributed by atoms with van der Waals surface area (Å²) in [5, 5.41) is 3.50. The highest BCUT2D eigenvalue weighted by atomic mass is 16.5. The Kier molecular flexibility index (Phi) is 3.03. The molecule has 0 bridgehead atoms. The van der Waals surface area contributed by atoms with Gasteiger partial charge in [-0.2, -0.15) is 0 Å². The number of hydrogen-bond donors (Lipinski definition) is 1. The molecule has 4 fully saturated rings. The van der Waals surface area contributed by atoms with Crippen LogP contribution in [0.4, 0.5) is 0 Å². The molecule has 0 spiro atoms. The van der Waals surface area contributed by atoms with E-state index in [0.717, 1.165) is 38.5 Å². The number of carbonyl (C=O) groups excluding carboxylic acids is 1. The van der Waals surface area contributed by atoms with Gasteiger partial charge in [0.05, 0.1) is 24.8 Å². The van der Waals surface area contributed by atoms with Crippen LogP contribution in [0.2, 0.25) is 0 Å². The zero-order chi connectivity index (χ0) is 12.8. The summed E-state index contributed by atoms with van der Waals surface area (Å²) in [6, 6.07) is 0.468. The molecule has 4 heteroatoms. The second-order valence-electron chi connectivity index (χ2n) is 6.68. The van der Waals surface area contributed by atoms with E-state index in [1.807, 2.05) is 0 Å². The predicted molar refractivity (Wildman–Crippen MR) is 71.7 cm³/mol. The maximum Gasteiger partial charge on any atom is 0.240 e. The van der Waals surface area contributed by atoms with Crippen molar-refractivity contribution >= 4 is 5.91 Å². The molecule has 0 aromatic rings. The topological polar surface area (TPSA) is 41.6 Å². The van der Waals surface area contributed by atoms with Crippen molar-refractivity contribution in [1.29, 1.82) is 0 Å². The first-order valence-corrected chi connectivity index (χ1v) is 8.00. The van der Waals surface area contributed by atoms with Crippen LogP contribution in [-0.4, -0.2) is 48.7 Å². The maximum atomic E-state index is 12.9. The van der Waals surface area contributed by atoms with Gasteiger partial charge in [0.2, 0.25) is 5.91 Å². The van der Waals surface area contributed by atoms with Crippen LogP contribution in [0.25, 0.3) is 0 Å². The van der Waals surface area contributed by atoms with E-state index < -0.39 is 0 Å². The first kappa shape index (κ1) is 12.2. The molecule has 2 saturated carbocycles. The van der Waals surface area contributed by atoms with Crippen LogP contribution in [0, 0.1) is 11.8 Å². The number of nitrogens with zero attached hydrogens (tertiary/aromatic N) is 1. The standard InChI is InChI=1S/C15H24N2O2/c18-15(14-11-4-1-3-10(11)9-16-14)17-7-8-19-13-6-2-5-12(13)17/h10-14,16H,1-9H2. The van der Waals surface area contributed by atoms with Gasteiger partial charge in [0.25, 0.3) is 0 Å². The molecular formula is C15H24N2O2. The molecule has 0 radical (unpaired) electrons. The quantitative estimate of drug-likeness (QED) is 0.772. The molecule has 1 amide bonds. The summed E-state index contributed by atoms with van der Waals surface area (Å²) in [5.41, 5.74) is 0. The first-order valence-electron chi connectivity index (χ1n) is 8.00. The molecule has 2 aliphatic heterocycles. The molecule has 106 valence electrons. The van der Waals surface area contributed by atoms with Gasteiger partial charge in [0.1, 0.15) is 0 Å². The summed E-state index contributed by atoms with van der Waals surface area (Å²) in [6.07, 6.45) is 7.68. The van der Waals surface area contributed by atoms with E-state index in [4.69, 9.17) is 4.74 Å². The van der Waals surface area contributed by atoms with Crippen molar-refractivity contribution in [2.75, 3.05) is 19.7 Å². The van der Waals surface area contributed by atoms with Crippen molar-refractivity contribution in [2.24, 2.45) is 11.8 Å². The Bertz CT molecular complexity index is 373. The highest BCUT2D eigenvalue weighted by Crippen LogP contribution is 2.39. The zero-order valence-electron chi connectivity index (χ0n) is 11.5. The minimum absolute atomic E-state index is 0.104. The lowest BCUT2D eigenvalue weighted by Crippen LogP contribution is -2.56. The van der Waals surface area contributed by atoms with Gasteiger partial charge in [-0.15, -0.1) is 0 Å². The van der Waals surface area contributed by atoms with Crippen molar-refractivity contribution in [2.45, 2.75) is 56.7 Å². The SMILES string of the molecule is O=C(C1NCC2CCCC21)N1CCOC2CCCC21. The second kappa shape index (κ2) is 4.74. The molecule has 1 N–H and O–H groups in total. The van der Waals surface area contributed by atoms with Crippen molar-refractivity contribution in [3.8, 4) is 0 Å². The molecule has 0 aromatic carbocycles. The van der Waals surface area contributed by atoms with Gasteiger partial charge in [-0.25, -0.2) is 0 Å². The summed E-state index contributed by atoms with van der Waals surface area (Å²) in [4.78, 5) is 15.0. The molecule has 2 aliphatic carbocycles. The monoisotopic (exact) mass is 264 g/mol. The Morgan fingerprint density at radius 2 is 2.05 bits per heavy atom. The van der Waals surface area contributed by atoms with Gasteiger partial charge < -0.3 is 15.0 Å². The van der Waals surface area contributed by atoms with Gasteiger partial charge in [0.15, 0.2) is 0 Å². The number of ether oxygens (including phenoxy) is 1. The highest BCUT2D eigenvalue weighted by molar-refractivity contribution is 5.83. The van der Waals surface area contributed by atoms with Crippen LogP contribution >= 0.6 is 0 Å². The number of morpholine rings is 1. The van der Waals surface area contributed by atoms with Gasteiger partial charge in [-0.3, -0.25) is 4.79 Å². The average Bonchev–Trinajstić information content (AvgIpc) is 3.12. The fourth-order valence-electron chi connectivity index (χ4n) is 4.84. The van der Waals surface area contributed by atoms with Gasteiger partial charge in [0, 0.05) is 6.54 Å². The minimum Gasteiger partial charge on any atom is -0.374 e. The number of nitrogens with one attached hydrogen (secondary N) is 1. The molecule has 4 aliphatic rings. The Balaban J connectivity index is 1.50. The number of amides is 1. The van der Waals surface area contributed by atoms with Gasteiger partial charge >= 0.3 is 0 Å². The van der Waals surface area contributed by atoms with Crippen LogP contribution in [0.1, 0.15) is 38.5 Å². The van der Waals surface area contributed by atoms with E-state index >= 15 is 0 Å². The smallest absolute Gasteiger partial charge is 0.240 e. The van der Waals surface area contributed by atoms with Gasteiger partial charge in [-0.05, 0) is 50.5 Å². The van der Waals surface area contributed by atoms with Crippen molar-refractivity contribution in [1.82, 2.24) is 10.2 Å². The second-order valence-corrected chi connectivity index (χ2v) is 6.68. The van der Waals surface area contributed by atoms with Crippen LogP contribution in [0.15, 0.2) is 0 Å². The molecule has 19 heavy (non-hydrogen) atoms. The van der Waals surface area contributed by atoms with E-state index in [-0.39, 0.29) is 6.04 Å². The lowest BCUT2D eigenvalue weighted by atomic mass is 9.92. The predicted octanol–water partition coefficient (Wildman–Crippen LogP) is 1.15. The van der Waals surface area contributed by atoms with Crippen molar-refractivity contribution < 1.29 is 9.53 Å². The lowest BCUT2D eigenvalue weighted by molar-refractivity contribution is -0.146. The summed E-state index contributed by atoms with van der Waals surface area (Å²) in [7, 11) is 0. The maximum absolute atomic E-state index is 12.9. The third-order valence-corrected chi connectivity index (χ3v) is 5.78. The normalized spacial score (nSPS) is 45.3. The molecule has 2 saturated heterocycles. The molecule has 0 aromatic heterocycles. The summed E-state index contributed by atoms with van der Waals surface area (Å²) in [6.45, 7) is 2.59. The molecule has 2 heterocycles. The zero-order valence-corrected chi connectivity index (χ0v) is 11.5. The average molecular weight is 264 g/mol. The molecule has 4 nitrogen and oxygen atoms in total. The Morgan fingerprint density at radius 1 is 1.16 bits per heavy atom. The number of rotatable bonds is 1. The van der Waals surface area contributed by atoms with E-state index in [1.165, 1.54) is 25.7 Å².